The van der Waals surface area contributed by atoms with Crippen molar-refractivity contribution in [3.8, 4) is 0 Å². The van der Waals surface area contributed by atoms with Crippen molar-refractivity contribution in [2.75, 3.05) is 23.7 Å². The van der Waals surface area contributed by atoms with E-state index >= 15 is 0 Å². The lowest BCUT2D eigenvalue weighted by Gasteiger charge is -2.34. The smallest absolute Gasteiger partial charge is 0.244 e. The molecule has 0 fully saturated rings. The first kappa shape index (κ1) is 31.5. The Kier molecular flexibility index (Phi) is 11.4. The van der Waals surface area contributed by atoms with E-state index in [1.807, 2.05) is 56.3 Å². The van der Waals surface area contributed by atoms with Gasteiger partial charge in [0.15, 0.2) is 0 Å². The standard InChI is InChI=1S/C30H35Cl2N3O4S/c1-4-17-33-30(37)28(19-22-11-7-6-8-12-22)34(20-23-15-16-25(31)26(32)18-23)29(36)21-35(40(3,38)39)27-14-10-9-13-24(27)5-2/h6-16,18,28H,4-5,17,19-21H2,1-3H3,(H,33,37)/t28-/m1/s1. The maximum atomic E-state index is 14.1. The number of benzene rings is 3. The third-order valence-corrected chi connectivity index (χ3v) is 8.34. The summed E-state index contributed by atoms with van der Waals surface area (Å²) in [4.78, 5) is 29.1. The third-order valence-electron chi connectivity index (χ3n) is 6.48. The summed E-state index contributed by atoms with van der Waals surface area (Å²) in [5.41, 5.74) is 2.75. The van der Waals surface area contributed by atoms with Gasteiger partial charge >= 0.3 is 0 Å². The molecule has 3 aromatic rings. The first-order chi connectivity index (χ1) is 19.0. The number of carbonyl (C=O) groups excluding carboxylic acids is 2. The normalized spacial score (nSPS) is 12.0. The van der Waals surface area contributed by atoms with Gasteiger partial charge in [-0.05, 0) is 47.7 Å². The Morgan fingerprint density at radius 3 is 2.20 bits per heavy atom. The predicted molar refractivity (Wildman–Crippen MR) is 162 cm³/mol. The number of halogens is 2. The van der Waals surface area contributed by atoms with Gasteiger partial charge in [0.05, 0.1) is 22.0 Å². The molecule has 0 unspecified atom stereocenters. The summed E-state index contributed by atoms with van der Waals surface area (Å²) in [6.07, 6.45) is 2.62. The van der Waals surface area contributed by atoms with E-state index in [0.29, 0.717) is 34.3 Å². The number of aryl methyl sites for hydroxylation is 1. The molecule has 0 aromatic heterocycles. The Morgan fingerprint density at radius 2 is 1.57 bits per heavy atom. The van der Waals surface area contributed by atoms with Crippen molar-refractivity contribution >= 4 is 50.7 Å². The predicted octanol–water partition coefficient (Wildman–Crippen LogP) is 5.49. The van der Waals surface area contributed by atoms with Crippen LogP contribution in [-0.2, 0) is 39.0 Å². The fourth-order valence-electron chi connectivity index (χ4n) is 4.40. The first-order valence-electron chi connectivity index (χ1n) is 13.2. The van der Waals surface area contributed by atoms with Crippen LogP contribution in [-0.4, -0.2) is 50.5 Å². The van der Waals surface area contributed by atoms with Crippen molar-refractivity contribution in [1.29, 1.82) is 0 Å². The topological polar surface area (TPSA) is 86.8 Å². The average molecular weight is 605 g/mol. The highest BCUT2D eigenvalue weighted by Crippen LogP contribution is 2.26. The van der Waals surface area contributed by atoms with Gasteiger partial charge in [0.25, 0.3) is 0 Å². The van der Waals surface area contributed by atoms with Gasteiger partial charge in [-0.15, -0.1) is 0 Å². The molecule has 7 nitrogen and oxygen atoms in total. The molecule has 10 heteroatoms. The van der Waals surface area contributed by atoms with E-state index in [4.69, 9.17) is 23.2 Å². The molecule has 40 heavy (non-hydrogen) atoms. The van der Waals surface area contributed by atoms with Gasteiger partial charge in [0.1, 0.15) is 12.6 Å². The van der Waals surface area contributed by atoms with Gasteiger partial charge in [0.2, 0.25) is 21.8 Å². The number of nitrogens with zero attached hydrogens (tertiary/aromatic N) is 2. The van der Waals surface area contributed by atoms with Crippen LogP contribution in [0, 0.1) is 0 Å². The zero-order chi connectivity index (χ0) is 29.3. The summed E-state index contributed by atoms with van der Waals surface area (Å²) in [5.74, 6) is -0.839. The van der Waals surface area contributed by atoms with E-state index < -0.39 is 28.5 Å². The largest absolute Gasteiger partial charge is 0.354 e. The highest BCUT2D eigenvalue weighted by Gasteiger charge is 2.33. The minimum absolute atomic E-state index is 0.0276. The summed E-state index contributed by atoms with van der Waals surface area (Å²) in [6.45, 7) is 3.87. The second-order valence-electron chi connectivity index (χ2n) is 9.52. The van der Waals surface area contributed by atoms with Crippen LogP contribution in [0.2, 0.25) is 10.0 Å². The lowest BCUT2D eigenvalue weighted by atomic mass is 10.0. The number of rotatable bonds is 13. The first-order valence-corrected chi connectivity index (χ1v) is 15.8. The van der Waals surface area contributed by atoms with Crippen molar-refractivity contribution < 1.29 is 18.0 Å². The molecule has 0 saturated heterocycles. The molecule has 2 amide bonds. The van der Waals surface area contributed by atoms with Gasteiger partial charge in [0, 0.05) is 19.5 Å². The van der Waals surface area contributed by atoms with Crippen molar-refractivity contribution in [1.82, 2.24) is 10.2 Å². The second-order valence-corrected chi connectivity index (χ2v) is 12.2. The summed E-state index contributed by atoms with van der Waals surface area (Å²) in [6, 6.07) is 20.6. The van der Waals surface area contributed by atoms with Gasteiger partial charge in [-0.3, -0.25) is 13.9 Å². The summed E-state index contributed by atoms with van der Waals surface area (Å²) >= 11 is 12.4. The molecule has 0 aliphatic carbocycles. The Bertz CT molecular complexity index is 1420. The van der Waals surface area contributed by atoms with Crippen molar-refractivity contribution in [2.24, 2.45) is 0 Å². The minimum atomic E-state index is -3.84. The lowest BCUT2D eigenvalue weighted by Crippen LogP contribution is -2.53. The fourth-order valence-corrected chi connectivity index (χ4v) is 5.60. The number of para-hydroxylation sites is 1. The molecule has 214 valence electrons. The van der Waals surface area contributed by atoms with Crippen LogP contribution in [0.3, 0.4) is 0 Å². The van der Waals surface area contributed by atoms with Crippen LogP contribution < -0.4 is 9.62 Å². The van der Waals surface area contributed by atoms with Crippen molar-refractivity contribution in [3.63, 3.8) is 0 Å². The van der Waals surface area contributed by atoms with E-state index in [9.17, 15) is 18.0 Å². The SMILES string of the molecule is CCCNC(=O)[C@@H](Cc1ccccc1)N(Cc1ccc(Cl)c(Cl)c1)C(=O)CN(c1ccccc1CC)S(C)(=O)=O. The van der Waals surface area contributed by atoms with Crippen molar-refractivity contribution in [3.05, 3.63) is 99.5 Å². The lowest BCUT2D eigenvalue weighted by molar-refractivity contribution is -0.140. The number of carbonyl (C=O) groups is 2. The molecule has 0 radical (unpaired) electrons. The Morgan fingerprint density at radius 1 is 0.900 bits per heavy atom. The van der Waals surface area contributed by atoms with Gasteiger partial charge in [-0.1, -0.05) is 91.6 Å². The van der Waals surface area contributed by atoms with Gasteiger partial charge in [-0.2, -0.15) is 0 Å². The van der Waals surface area contributed by atoms with Crippen LogP contribution in [0.4, 0.5) is 5.69 Å². The van der Waals surface area contributed by atoms with Crippen LogP contribution in [0.1, 0.15) is 37.0 Å². The average Bonchev–Trinajstić information content (AvgIpc) is 2.94. The van der Waals surface area contributed by atoms with E-state index in [-0.39, 0.29) is 18.9 Å². The van der Waals surface area contributed by atoms with E-state index in [2.05, 4.69) is 5.32 Å². The van der Waals surface area contributed by atoms with Crippen LogP contribution in [0.15, 0.2) is 72.8 Å². The van der Waals surface area contributed by atoms with Crippen LogP contribution in [0.25, 0.3) is 0 Å². The third kappa shape index (κ3) is 8.46. The number of sulfonamides is 1. The molecule has 0 aliphatic rings. The zero-order valence-corrected chi connectivity index (χ0v) is 25.3. The minimum Gasteiger partial charge on any atom is -0.354 e. The van der Waals surface area contributed by atoms with E-state index in [1.165, 1.54) is 4.90 Å². The molecule has 1 N–H and O–H groups in total. The number of amides is 2. The summed E-state index contributed by atoms with van der Waals surface area (Å²) < 4.78 is 27.1. The molecule has 0 bridgehead atoms. The molecular formula is C30H35Cl2N3O4S. The Labute approximate surface area is 247 Å². The highest BCUT2D eigenvalue weighted by molar-refractivity contribution is 7.92. The number of nitrogens with one attached hydrogen (secondary N) is 1. The fraction of sp³-hybridized carbons (Fsp3) is 0.333. The van der Waals surface area contributed by atoms with E-state index in [1.54, 1.807) is 30.3 Å². The number of anilines is 1. The maximum Gasteiger partial charge on any atom is 0.244 e. The monoisotopic (exact) mass is 603 g/mol. The summed E-state index contributed by atoms with van der Waals surface area (Å²) in [5, 5.41) is 3.60. The Balaban J connectivity index is 2.08. The molecule has 1 atom stereocenters. The molecule has 0 heterocycles. The van der Waals surface area contributed by atoms with Crippen LogP contribution in [0.5, 0.6) is 0 Å². The molecule has 3 aromatic carbocycles. The number of hydrogen-bond donors (Lipinski definition) is 1. The molecule has 0 saturated carbocycles. The van der Waals surface area contributed by atoms with Gasteiger partial charge < -0.3 is 10.2 Å². The quantitative estimate of drug-likeness (QED) is 0.280. The van der Waals surface area contributed by atoms with Crippen LogP contribution >= 0.6 is 23.2 Å². The zero-order valence-electron chi connectivity index (χ0n) is 22.9. The Hall–Kier alpha value is -3.07. The molecular weight excluding hydrogens is 569 g/mol. The number of hydrogen-bond acceptors (Lipinski definition) is 4. The van der Waals surface area contributed by atoms with Crippen molar-refractivity contribution in [2.45, 2.75) is 45.7 Å². The van der Waals surface area contributed by atoms with E-state index in [0.717, 1.165) is 28.1 Å². The maximum absolute atomic E-state index is 14.1. The molecule has 3 rings (SSSR count). The van der Waals surface area contributed by atoms with Gasteiger partial charge in [-0.25, -0.2) is 8.42 Å². The molecule has 0 spiro atoms. The highest BCUT2D eigenvalue weighted by atomic mass is 35.5. The second kappa shape index (κ2) is 14.5. The molecule has 0 aliphatic heterocycles. The summed E-state index contributed by atoms with van der Waals surface area (Å²) in [7, 11) is -3.84.